The second kappa shape index (κ2) is 6.35. The predicted molar refractivity (Wildman–Crippen MR) is 82.2 cm³/mol. The monoisotopic (exact) mass is 321 g/mol. The molecule has 3 unspecified atom stereocenters. The van der Waals surface area contributed by atoms with Crippen LogP contribution in [0.2, 0.25) is 0 Å². The molecule has 1 fully saturated rings. The Kier molecular flexibility index (Phi) is 4.43. The van der Waals surface area contributed by atoms with Crippen LogP contribution in [0.15, 0.2) is 22.9 Å². The molecule has 3 rings (SSSR count). The van der Waals surface area contributed by atoms with E-state index in [0.29, 0.717) is 5.57 Å². The molecule has 0 spiro atoms. The minimum atomic E-state index is -1.24. The number of cyclic esters (lactones) is 1. The quantitative estimate of drug-likeness (QED) is 0.533. The van der Waals surface area contributed by atoms with Crippen LogP contribution >= 0.6 is 0 Å². The lowest BCUT2D eigenvalue weighted by Gasteiger charge is -2.23. The van der Waals surface area contributed by atoms with Crippen molar-refractivity contribution in [3.63, 3.8) is 0 Å². The number of nitrogens with zero attached hydrogens (tertiary/aromatic N) is 1. The highest BCUT2D eigenvalue weighted by Gasteiger charge is 2.38. The van der Waals surface area contributed by atoms with Gasteiger partial charge in [0.15, 0.2) is 6.10 Å². The average molecular weight is 321 g/mol. The Bertz CT molecular complexity index is 580. The van der Waals surface area contributed by atoms with Crippen LogP contribution in [0, 0.1) is 5.92 Å². The summed E-state index contributed by atoms with van der Waals surface area (Å²) >= 11 is 0. The first-order chi connectivity index (χ1) is 11.0. The number of carbonyl (C=O) groups is 2. The summed E-state index contributed by atoms with van der Waals surface area (Å²) < 4.78 is 11.0. The molecule has 0 aliphatic carbocycles. The zero-order chi connectivity index (χ0) is 16.6. The van der Waals surface area contributed by atoms with Crippen molar-refractivity contribution < 1.29 is 24.2 Å². The molecular formula is C17H23NO5. The lowest BCUT2D eigenvalue weighted by Crippen LogP contribution is -2.32. The van der Waals surface area contributed by atoms with E-state index in [1.807, 2.05) is 0 Å². The van der Waals surface area contributed by atoms with Crippen LogP contribution in [-0.2, 0) is 19.1 Å². The van der Waals surface area contributed by atoms with E-state index >= 15 is 0 Å². The third-order valence-electron chi connectivity index (χ3n) is 4.92. The van der Waals surface area contributed by atoms with E-state index in [-0.39, 0.29) is 25.1 Å². The molecule has 1 saturated heterocycles. The van der Waals surface area contributed by atoms with Crippen LogP contribution in [0.1, 0.15) is 33.1 Å². The van der Waals surface area contributed by atoms with Gasteiger partial charge in [0.25, 0.3) is 0 Å². The molecule has 1 N–H and O–H groups in total. The molecule has 0 aromatic carbocycles. The number of allylic oxidation sites excluding steroid dienone is 1. The van der Waals surface area contributed by atoms with Crippen molar-refractivity contribution >= 4 is 11.9 Å². The molecule has 6 nitrogen and oxygen atoms in total. The van der Waals surface area contributed by atoms with Gasteiger partial charge < -0.3 is 19.5 Å². The average Bonchev–Trinajstić information content (AvgIpc) is 3.11. The van der Waals surface area contributed by atoms with Gasteiger partial charge in [0.2, 0.25) is 0 Å². The summed E-state index contributed by atoms with van der Waals surface area (Å²) in [5.74, 6) is -1.38. The van der Waals surface area contributed by atoms with Crippen LogP contribution in [0.4, 0.5) is 0 Å². The number of ether oxygens (including phenoxy) is 2. The van der Waals surface area contributed by atoms with Gasteiger partial charge in [0, 0.05) is 25.1 Å². The van der Waals surface area contributed by atoms with Crippen molar-refractivity contribution in [3.05, 3.63) is 22.9 Å². The number of rotatable bonds is 0. The predicted octanol–water partition coefficient (Wildman–Crippen LogP) is 1.15. The van der Waals surface area contributed by atoms with Gasteiger partial charge in [0.05, 0.1) is 5.70 Å². The van der Waals surface area contributed by atoms with Gasteiger partial charge in [-0.2, -0.15) is 0 Å². The highest BCUT2D eigenvalue weighted by atomic mass is 16.6. The highest BCUT2D eigenvalue weighted by Crippen LogP contribution is 2.35. The van der Waals surface area contributed by atoms with Crippen molar-refractivity contribution in [3.8, 4) is 0 Å². The summed E-state index contributed by atoms with van der Waals surface area (Å²) in [6.45, 7) is 5.38. The first-order valence-electron chi connectivity index (χ1n) is 8.19. The van der Waals surface area contributed by atoms with Crippen molar-refractivity contribution in [2.24, 2.45) is 5.92 Å². The number of aliphatic hydroxyl groups excluding tert-OH is 1. The second-order valence-electron chi connectivity index (χ2n) is 6.46. The SMILES string of the molecule is C/C=C1\CC(C)C(O)C(=O)OCC2=C3C(CCN3CC2)OC1=O. The number of hydrogen-bond donors (Lipinski definition) is 1. The van der Waals surface area contributed by atoms with E-state index in [4.69, 9.17) is 9.47 Å². The van der Waals surface area contributed by atoms with E-state index in [2.05, 4.69) is 4.90 Å². The summed E-state index contributed by atoms with van der Waals surface area (Å²) in [7, 11) is 0. The maximum Gasteiger partial charge on any atom is 0.335 e. The third kappa shape index (κ3) is 3.00. The lowest BCUT2D eigenvalue weighted by atomic mass is 9.95. The van der Waals surface area contributed by atoms with E-state index in [1.54, 1.807) is 19.9 Å². The zero-order valence-corrected chi connectivity index (χ0v) is 13.6. The van der Waals surface area contributed by atoms with Crippen molar-refractivity contribution in [1.29, 1.82) is 0 Å². The molecule has 0 radical (unpaired) electrons. The highest BCUT2D eigenvalue weighted by molar-refractivity contribution is 5.89. The Morgan fingerprint density at radius 3 is 2.83 bits per heavy atom. The Morgan fingerprint density at radius 2 is 2.09 bits per heavy atom. The van der Waals surface area contributed by atoms with Crippen LogP contribution < -0.4 is 0 Å². The standard InChI is InChI=1S/C17H23NO5/c1-3-11-8-10(2)15(19)17(21)22-9-12-4-6-18-7-5-13(14(12)18)23-16(11)20/h3,10,13,15,19H,4-9H2,1-2H3/b11-3+. The second-order valence-corrected chi connectivity index (χ2v) is 6.46. The number of aliphatic hydroxyl groups is 1. The molecule has 3 atom stereocenters. The zero-order valence-electron chi connectivity index (χ0n) is 13.6. The lowest BCUT2D eigenvalue weighted by molar-refractivity contribution is -0.156. The number of hydrogen-bond acceptors (Lipinski definition) is 6. The Labute approximate surface area is 135 Å². The maximum atomic E-state index is 12.4. The van der Waals surface area contributed by atoms with E-state index < -0.39 is 18.0 Å². The fourth-order valence-electron chi connectivity index (χ4n) is 3.53. The molecule has 0 aromatic rings. The van der Waals surface area contributed by atoms with E-state index in [9.17, 15) is 14.7 Å². The summed E-state index contributed by atoms with van der Waals surface area (Å²) in [5.41, 5.74) is 2.48. The minimum Gasteiger partial charge on any atom is -0.459 e. The van der Waals surface area contributed by atoms with Gasteiger partial charge in [-0.05, 0) is 31.3 Å². The summed E-state index contributed by atoms with van der Waals surface area (Å²) in [5, 5.41) is 10.1. The Morgan fingerprint density at radius 1 is 1.30 bits per heavy atom. The molecule has 3 aliphatic rings. The summed E-state index contributed by atoms with van der Waals surface area (Å²) in [6.07, 6.45) is 2.06. The Hall–Kier alpha value is -1.82. The topological polar surface area (TPSA) is 76.1 Å². The molecule has 0 aromatic heterocycles. The summed E-state index contributed by atoms with van der Waals surface area (Å²) in [6, 6.07) is 0. The van der Waals surface area contributed by atoms with Crippen LogP contribution in [0.5, 0.6) is 0 Å². The van der Waals surface area contributed by atoms with Crippen LogP contribution in [0.3, 0.4) is 0 Å². The Balaban J connectivity index is 1.91. The van der Waals surface area contributed by atoms with Crippen molar-refractivity contribution in [1.82, 2.24) is 4.90 Å². The van der Waals surface area contributed by atoms with Gasteiger partial charge >= 0.3 is 11.9 Å². The minimum absolute atomic E-state index is 0.166. The van der Waals surface area contributed by atoms with E-state index in [0.717, 1.165) is 37.2 Å². The maximum absolute atomic E-state index is 12.4. The van der Waals surface area contributed by atoms with Gasteiger partial charge in [-0.25, -0.2) is 9.59 Å². The van der Waals surface area contributed by atoms with Gasteiger partial charge in [-0.1, -0.05) is 13.0 Å². The van der Waals surface area contributed by atoms with Crippen LogP contribution in [0.25, 0.3) is 0 Å². The molecular weight excluding hydrogens is 298 g/mol. The van der Waals surface area contributed by atoms with Gasteiger partial charge in [0.1, 0.15) is 12.7 Å². The fraction of sp³-hybridized carbons (Fsp3) is 0.647. The molecule has 3 aliphatic heterocycles. The van der Waals surface area contributed by atoms with E-state index in [1.165, 1.54) is 0 Å². The molecule has 126 valence electrons. The number of carbonyl (C=O) groups excluding carboxylic acids is 2. The number of esters is 2. The van der Waals surface area contributed by atoms with Crippen molar-refractivity contribution in [2.75, 3.05) is 19.7 Å². The molecule has 0 bridgehead atoms. The summed E-state index contributed by atoms with van der Waals surface area (Å²) in [4.78, 5) is 26.7. The third-order valence-corrected chi connectivity index (χ3v) is 4.92. The molecule has 6 heteroatoms. The first-order valence-corrected chi connectivity index (χ1v) is 8.19. The smallest absolute Gasteiger partial charge is 0.335 e. The fourth-order valence-corrected chi connectivity index (χ4v) is 3.53. The normalized spacial score (nSPS) is 34.0. The van der Waals surface area contributed by atoms with Gasteiger partial charge in [-0.3, -0.25) is 0 Å². The molecule has 3 heterocycles. The van der Waals surface area contributed by atoms with Crippen LogP contribution in [-0.4, -0.2) is 53.8 Å². The molecule has 23 heavy (non-hydrogen) atoms. The van der Waals surface area contributed by atoms with Gasteiger partial charge in [-0.15, -0.1) is 0 Å². The largest absolute Gasteiger partial charge is 0.459 e. The molecule has 0 saturated carbocycles. The van der Waals surface area contributed by atoms with Crippen molar-refractivity contribution in [2.45, 2.75) is 45.3 Å². The molecule has 0 amide bonds. The first kappa shape index (κ1) is 16.1.